The molecule has 3 nitrogen and oxygen atoms in total. The van der Waals surface area contributed by atoms with Crippen molar-refractivity contribution in [2.45, 2.75) is 59.3 Å². The van der Waals surface area contributed by atoms with Crippen molar-refractivity contribution < 1.29 is 14.0 Å². The van der Waals surface area contributed by atoms with Gasteiger partial charge in [0.1, 0.15) is 11.6 Å². The summed E-state index contributed by atoms with van der Waals surface area (Å²) in [4.78, 5) is 24.3. The second-order valence-corrected chi connectivity index (χ2v) is 6.51. The molecule has 0 aliphatic heterocycles. The molecule has 0 aromatic heterocycles. The Morgan fingerprint density at radius 1 is 1.41 bits per heavy atom. The fourth-order valence-corrected chi connectivity index (χ4v) is 3.43. The number of Topliss-reactive ketones (excluding diaryl/α,β-unsaturated/α-hetero) is 2. The highest BCUT2D eigenvalue weighted by Gasteiger charge is 2.45. The van der Waals surface area contributed by atoms with Crippen LogP contribution in [0.15, 0.2) is 6.07 Å². The van der Waals surface area contributed by atoms with Crippen molar-refractivity contribution in [1.29, 1.82) is 0 Å². The molecule has 0 amide bonds. The summed E-state index contributed by atoms with van der Waals surface area (Å²) >= 11 is 0. The van der Waals surface area contributed by atoms with Gasteiger partial charge in [-0.2, -0.15) is 0 Å². The van der Waals surface area contributed by atoms with Gasteiger partial charge < -0.3 is 10.5 Å². The number of benzene rings is 1. The minimum Gasteiger partial charge on any atom is -0.396 e. The number of carbonyl (C=O) groups is 2. The summed E-state index contributed by atoms with van der Waals surface area (Å²) in [7, 11) is 0. The lowest BCUT2D eigenvalue weighted by molar-refractivity contribution is -0.117. The number of nitrogens with two attached hydrogens (primary N) is 1. The molecular weight excluding hydrogens is 281 g/mol. The molecule has 0 saturated heterocycles. The van der Waals surface area contributed by atoms with E-state index < -0.39 is 11.2 Å². The largest absolute Gasteiger partial charge is 0.396 e. The summed E-state index contributed by atoms with van der Waals surface area (Å²) in [6.07, 6.45) is 4.16. The first kappa shape index (κ1) is 16.7. The Balaban J connectivity index is 2.43. The van der Waals surface area contributed by atoms with E-state index in [2.05, 4.69) is 6.92 Å². The van der Waals surface area contributed by atoms with Gasteiger partial charge in [-0.1, -0.05) is 19.8 Å². The summed E-state index contributed by atoms with van der Waals surface area (Å²) < 4.78 is 13.9. The smallest absolute Gasteiger partial charge is 0.169 e. The Morgan fingerprint density at radius 2 is 2.09 bits per heavy atom. The van der Waals surface area contributed by atoms with Gasteiger partial charge in [-0.3, -0.25) is 4.79 Å². The van der Waals surface area contributed by atoms with Gasteiger partial charge in [-0.15, -0.1) is 0 Å². The lowest BCUT2D eigenvalue weighted by atomic mass is 9.75. The fraction of sp³-hybridized carbons (Fsp3) is 0.556. The molecule has 0 fully saturated rings. The average molecular weight is 305 g/mol. The van der Waals surface area contributed by atoms with Gasteiger partial charge in [0.15, 0.2) is 5.78 Å². The maximum absolute atomic E-state index is 13.9. The zero-order valence-corrected chi connectivity index (χ0v) is 13.6. The normalized spacial score (nSPS) is 20.3. The van der Waals surface area contributed by atoms with Crippen LogP contribution >= 0.6 is 0 Å². The molecule has 0 heterocycles. The van der Waals surface area contributed by atoms with Crippen molar-refractivity contribution >= 4 is 17.3 Å². The third-order valence-corrected chi connectivity index (χ3v) is 4.92. The number of hydrogen-bond donors (Lipinski definition) is 1. The highest BCUT2D eigenvalue weighted by Crippen LogP contribution is 2.46. The van der Waals surface area contributed by atoms with Crippen LogP contribution in [0.5, 0.6) is 0 Å². The molecule has 2 N–H and O–H groups in total. The van der Waals surface area contributed by atoms with E-state index in [1.807, 2.05) is 0 Å². The first-order valence-corrected chi connectivity index (χ1v) is 7.94. The van der Waals surface area contributed by atoms with Gasteiger partial charge >= 0.3 is 0 Å². The number of nitrogen functional groups attached to an aromatic ring is 1. The molecule has 1 atom stereocenters. The Kier molecular flexibility index (Phi) is 4.69. The highest BCUT2D eigenvalue weighted by molar-refractivity contribution is 6.06. The molecule has 0 bridgehead atoms. The Hall–Kier alpha value is -1.71. The van der Waals surface area contributed by atoms with Gasteiger partial charge in [0.05, 0.1) is 5.69 Å². The van der Waals surface area contributed by atoms with Crippen molar-refractivity contribution in [3.05, 3.63) is 28.6 Å². The number of fused-ring (bicyclic) bond motifs is 1. The predicted octanol–water partition coefficient (Wildman–Crippen LogP) is 4.00. The van der Waals surface area contributed by atoms with Crippen molar-refractivity contribution in [1.82, 2.24) is 0 Å². The molecule has 1 aromatic rings. The average Bonchev–Trinajstić information content (AvgIpc) is 2.75. The minimum absolute atomic E-state index is 0.0146. The van der Waals surface area contributed by atoms with Crippen LogP contribution in [-0.2, 0) is 11.2 Å². The molecule has 1 aromatic carbocycles. The Labute approximate surface area is 131 Å². The summed E-state index contributed by atoms with van der Waals surface area (Å²) in [6, 6.07) is 1.28. The van der Waals surface area contributed by atoms with E-state index in [9.17, 15) is 14.0 Å². The van der Waals surface area contributed by atoms with Crippen molar-refractivity contribution in [2.75, 3.05) is 5.73 Å². The van der Waals surface area contributed by atoms with E-state index in [1.165, 1.54) is 6.07 Å². The minimum atomic E-state index is -0.561. The molecular formula is C18H24FNO2. The zero-order valence-electron chi connectivity index (χ0n) is 13.6. The van der Waals surface area contributed by atoms with Crippen LogP contribution in [-0.4, -0.2) is 11.6 Å². The quantitative estimate of drug-likeness (QED) is 0.808. The van der Waals surface area contributed by atoms with Gasteiger partial charge in [0.25, 0.3) is 0 Å². The molecule has 22 heavy (non-hydrogen) atoms. The summed E-state index contributed by atoms with van der Waals surface area (Å²) in [5, 5.41) is 0. The Bertz CT molecular complexity index is 624. The summed E-state index contributed by atoms with van der Waals surface area (Å²) in [5.41, 5.74) is 7.34. The van der Waals surface area contributed by atoms with Crippen LogP contribution in [0.3, 0.4) is 0 Å². The van der Waals surface area contributed by atoms with Gasteiger partial charge in [-0.25, -0.2) is 4.39 Å². The van der Waals surface area contributed by atoms with E-state index in [-0.39, 0.29) is 17.3 Å². The number of ketones is 2. The molecule has 1 aliphatic rings. The third kappa shape index (κ3) is 2.79. The Morgan fingerprint density at radius 3 is 2.68 bits per heavy atom. The van der Waals surface area contributed by atoms with Gasteiger partial charge in [0, 0.05) is 17.4 Å². The summed E-state index contributed by atoms with van der Waals surface area (Å²) in [5.74, 6) is -0.455. The first-order valence-electron chi connectivity index (χ1n) is 7.94. The third-order valence-electron chi connectivity index (χ3n) is 4.92. The fourth-order valence-electron chi connectivity index (χ4n) is 3.43. The molecule has 1 aliphatic carbocycles. The van der Waals surface area contributed by atoms with E-state index in [4.69, 9.17) is 5.73 Å². The zero-order chi connectivity index (χ0) is 16.5. The van der Waals surface area contributed by atoms with E-state index in [1.54, 1.807) is 13.8 Å². The predicted molar refractivity (Wildman–Crippen MR) is 85.5 cm³/mol. The maximum Gasteiger partial charge on any atom is 0.169 e. The molecule has 0 spiro atoms. The lowest BCUT2D eigenvalue weighted by Gasteiger charge is -2.27. The lowest BCUT2D eigenvalue weighted by Crippen LogP contribution is -2.29. The number of hydrogen-bond acceptors (Lipinski definition) is 3. The monoisotopic (exact) mass is 305 g/mol. The van der Waals surface area contributed by atoms with E-state index in [0.29, 0.717) is 30.4 Å². The van der Waals surface area contributed by atoms with Gasteiger partial charge in [-0.05, 0) is 50.3 Å². The van der Waals surface area contributed by atoms with Crippen LogP contribution in [0.4, 0.5) is 10.1 Å². The number of anilines is 1. The van der Waals surface area contributed by atoms with Crippen molar-refractivity contribution in [3.8, 4) is 0 Å². The maximum atomic E-state index is 13.9. The van der Waals surface area contributed by atoms with E-state index >= 15 is 0 Å². The molecule has 4 heteroatoms. The summed E-state index contributed by atoms with van der Waals surface area (Å²) in [6.45, 7) is 5.39. The van der Waals surface area contributed by atoms with Crippen LogP contribution in [0.25, 0.3) is 0 Å². The van der Waals surface area contributed by atoms with Crippen molar-refractivity contribution in [3.63, 3.8) is 0 Å². The standard InChI is InChI=1S/C18H24FNO2/c1-4-5-7-18(8-6-11(2)21)10-14-12(3)16(20)15(19)9-13(14)17(18)22/h9H,4-8,10,20H2,1-3H3. The number of carbonyl (C=O) groups excluding carboxylic acids is 2. The van der Waals surface area contributed by atoms with Crippen LogP contribution in [0, 0.1) is 18.2 Å². The van der Waals surface area contributed by atoms with Crippen LogP contribution < -0.4 is 5.73 Å². The van der Waals surface area contributed by atoms with E-state index in [0.717, 1.165) is 24.8 Å². The molecule has 1 unspecified atom stereocenters. The van der Waals surface area contributed by atoms with Gasteiger partial charge in [0.2, 0.25) is 0 Å². The molecule has 0 saturated carbocycles. The first-order chi connectivity index (χ1) is 10.3. The highest BCUT2D eigenvalue weighted by atomic mass is 19.1. The topological polar surface area (TPSA) is 60.2 Å². The number of halogens is 1. The SMILES string of the molecule is CCCCC1(CCC(C)=O)Cc2c(cc(F)c(N)c2C)C1=O. The van der Waals surface area contributed by atoms with Crippen LogP contribution in [0.1, 0.15) is 67.4 Å². The van der Waals surface area contributed by atoms with Crippen LogP contribution in [0.2, 0.25) is 0 Å². The number of unbranched alkanes of at least 4 members (excludes halogenated alkanes) is 1. The second-order valence-electron chi connectivity index (χ2n) is 6.51. The molecule has 2 rings (SSSR count). The van der Waals surface area contributed by atoms with Crippen molar-refractivity contribution in [2.24, 2.45) is 5.41 Å². The molecule has 120 valence electrons. The number of rotatable bonds is 6. The second kappa shape index (κ2) is 6.19. The molecule has 0 radical (unpaired) electrons.